The Hall–Kier alpha value is -1.45. The number of amides is 1. The molecule has 0 aliphatic carbocycles. The van der Waals surface area contributed by atoms with E-state index < -0.39 is 0 Å². The van der Waals surface area contributed by atoms with Gasteiger partial charge in [-0.3, -0.25) is 4.79 Å². The number of nitrogens with zero attached hydrogens (tertiary/aromatic N) is 2. The number of rotatable bonds is 2. The number of hydrogen-bond donors (Lipinski definition) is 1. The van der Waals surface area contributed by atoms with Crippen LogP contribution >= 0.6 is 0 Å². The fourth-order valence-electron chi connectivity index (χ4n) is 0.937. The third-order valence-corrected chi connectivity index (χ3v) is 1.80. The number of carbonyl (C=O) groups excluding carboxylic acids is 1. The van der Waals surface area contributed by atoms with Gasteiger partial charge in [-0.15, -0.1) is 5.10 Å². The van der Waals surface area contributed by atoms with Gasteiger partial charge in [0.05, 0.1) is 6.20 Å². The van der Waals surface area contributed by atoms with Gasteiger partial charge < -0.3 is 5.32 Å². The van der Waals surface area contributed by atoms with Crippen LogP contribution in [0.1, 0.15) is 35.8 Å². The molecule has 1 aromatic rings. The Kier molecular flexibility index (Phi) is 2.95. The van der Waals surface area contributed by atoms with Crippen molar-refractivity contribution in [3.63, 3.8) is 0 Å². The zero-order chi connectivity index (χ0) is 9.84. The van der Waals surface area contributed by atoms with Crippen LogP contribution in [-0.2, 0) is 0 Å². The summed E-state index contributed by atoms with van der Waals surface area (Å²) < 4.78 is 0. The first-order chi connectivity index (χ1) is 6.15. The minimum Gasteiger partial charge on any atom is -0.354 e. The molecule has 70 valence electrons. The number of carbonyl (C=O) groups is 1. The molecule has 1 amide bonds. The Labute approximate surface area is 77.4 Å². The van der Waals surface area contributed by atoms with Gasteiger partial charge in [0.25, 0.3) is 5.91 Å². The molecule has 0 fully saturated rings. The summed E-state index contributed by atoms with van der Waals surface area (Å²) in [6.45, 7) is 4.09. The van der Waals surface area contributed by atoms with Crippen LogP contribution in [0, 0.1) is 0 Å². The fourth-order valence-corrected chi connectivity index (χ4v) is 0.937. The van der Waals surface area contributed by atoms with E-state index in [1.807, 2.05) is 13.8 Å². The maximum absolute atomic E-state index is 11.2. The molecule has 0 atom stereocenters. The maximum Gasteiger partial charge on any atom is 0.271 e. The molecule has 0 saturated carbocycles. The van der Waals surface area contributed by atoms with Gasteiger partial charge in [-0.2, -0.15) is 5.10 Å². The van der Waals surface area contributed by atoms with Crippen LogP contribution in [-0.4, -0.2) is 23.2 Å². The second-order valence-electron chi connectivity index (χ2n) is 3.11. The summed E-state index contributed by atoms with van der Waals surface area (Å²) in [4.78, 5) is 11.2. The third-order valence-electron chi connectivity index (χ3n) is 1.80. The molecule has 1 heterocycles. The number of hydrogen-bond acceptors (Lipinski definition) is 3. The Morgan fingerprint density at radius 3 is 2.77 bits per heavy atom. The highest BCUT2D eigenvalue weighted by Crippen LogP contribution is 2.12. The van der Waals surface area contributed by atoms with E-state index in [1.54, 1.807) is 19.3 Å². The van der Waals surface area contributed by atoms with Crippen LogP contribution in [0.15, 0.2) is 12.3 Å². The Morgan fingerprint density at radius 2 is 2.23 bits per heavy atom. The van der Waals surface area contributed by atoms with Gasteiger partial charge in [-0.1, -0.05) is 13.8 Å². The summed E-state index contributed by atoms with van der Waals surface area (Å²) in [6.07, 6.45) is 1.68. The summed E-state index contributed by atoms with van der Waals surface area (Å²) in [6, 6.07) is 1.76. The fraction of sp³-hybridized carbons (Fsp3) is 0.444. The monoisotopic (exact) mass is 179 g/mol. The highest BCUT2D eigenvalue weighted by molar-refractivity contribution is 5.91. The van der Waals surface area contributed by atoms with Crippen molar-refractivity contribution >= 4 is 5.91 Å². The molecule has 4 heteroatoms. The zero-order valence-corrected chi connectivity index (χ0v) is 8.03. The maximum atomic E-state index is 11.2. The second-order valence-corrected chi connectivity index (χ2v) is 3.11. The van der Waals surface area contributed by atoms with Crippen molar-refractivity contribution in [2.45, 2.75) is 19.8 Å². The van der Waals surface area contributed by atoms with Crippen molar-refractivity contribution in [1.82, 2.24) is 15.5 Å². The van der Waals surface area contributed by atoms with Crippen molar-refractivity contribution < 1.29 is 4.79 Å². The van der Waals surface area contributed by atoms with Crippen LogP contribution in [0.2, 0.25) is 0 Å². The first kappa shape index (κ1) is 9.64. The Balaban J connectivity index is 2.98. The summed E-state index contributed by atoms with van der Waals surface area (Å²) in [5.74, 6) is 0.161. The molecule has 0 radical (unpaired) electrons. The van der Waals surface area contributed by atoms with E-state index in [1.165, 1.54) is 0 Å². The molecular formula is C9H13N3O. The van der Waals surface area contributed by atoms with E-state index in [4.69, 9.17) is 0 Å². The lowest BCUT2D eigenvalue weighted by Gasteiger charge is -2.04. The molecule has 4 nitrogen and oxygen atoms in total. The molecule has 0 bridgehead atoms. The third kappa shape index (κ3) is 2.24. The largest absolute Gasteiger partial charge is 0.354 e. The topological polar surface area (TPSA) is 54.9 Å². The van der Waals surface area contributed by atoms with E-state index in [0.29, 0.717) is 11.6 Å². The quantitative estimate of drug-likeness (QED) is 0.735. The normalized spacial score (nSPS) is 10.2. The average molecular weight is 179 g/mol. The summed E-state index contributed by atoms with van der Waals surface area (Å²) in [5.41, 5.74) is 1.39. The molecule has 13 heavy (non-hydrogen) atoms. The number of nitrogens with one attached hydrogen (secondary N) is 1. The van der Waals surface area contributed by atoms with Crippen molar-refractivity contribution in [3.05, 3.63) is 23.5 Å². The molecule has 1 aromatic heterocycles. The molecule has 1 N–H and O–H groups in total. The van der Waals surface area contributed by atoms with Crippen molar-refractivity contribution in [1.29, 1.82) is 0 Å². The molecule has 0 aliphatic heterocycles. The lowest BCUT2D eigenvalue weighted by Crippen LogP contribution is -2.20. The standard InChI is InChI=1S/C9H13N3O/c1-6(2)7-4-8(9(13)10-3)12-11-5-7/h4-6H,1-3H3,(H,10,13). The van der Waals surface area contributed by atoms with Crippen molar-refractivity contribution in [3.8, 4) is 0 Å². The van der Waals surface area contributed by atoms with Gasteiger partial charge >= 0.3 is 0 Å². The highest BCUT2D eigenvalue weighted by Gasteiger charge is 2.07. The number of aromatic nitrogens is 2. The van der Waals surface area contributed by atoms with Gasteiger partial charge in [-0.05, 0) is 17.5 Å². The molecule has 1 rings (SSSR count). The van der Waals surface area contributed by atoms with Crippen molar-refractivity contribution in [2.24, 2.45) is 0 Å². The van der Waals surface area contributed by atoms with Gasteiger partial charge in [0.1, 0.15) is 0 Å². The lowest BCUT2D eigenvalue weighted by molar-refractivity contribution is 0.0957. The van der Waals surface area contributed by atoms with E-state index in [2.05, 4.69) is 15.5 Å². The molecular weight excluding hydrogens is 166 g/mol. The van der Waals surface area contributed by atoms with E-state index in [9.17, 15) is 4.79 Å². The average Bonchev–Trinajstić information content (AvgIpc) is 2.17. The predicted octanol–water partition coefficient (Wildman–Crippen LogP) is 0.960. The van der Waals surface area contributed by atoms with Gasteiger partial charge in [0.15, 0.2) is 5.69 Å². The SMILES string of the molecule is CNC(=O)c1cc(C(C)C)cnn1. The zero-order valence-electron chi connectivity index (χ0n) is 8.03. The minimum absolute atomic E-state index is 0.199. The minimum atomic E-state index is -0.199. The predicted molar refractivity (Wildman–Crippen MR) is 49.5 cm³/mol. The van der Waals surface area contributed by atoms with Gasteiger partial charge in [0, 0.05) is 7.05 Å². The smallest absolute Gasteiger partial charge is 0.271 e. The van der Waals surface area contributed by atoms with E-state index >= 15 is 0 Å². The second kappa shape index (κ2) is 3.98. The van der Waals surface area contributed by atoms with E-state index in [0.717, 1.165) is 5.56 Å². The summed E-state index contributed by atoms with van der Waals surface area (Å²) in [7, 11) is 1.58. The lowest BCUT2D eigenvalue weighted by atomic mass is 10.1. The molecule has 0 unspecified atom stereocenters. The van der Waals surface area contributed by atoms with E-state index in [-0.39, 0.29) is 5.91 Å². The molecule has 0 aliphatic rings. The first-order valence-corrected chi connectivity index (χ1v) is 4.20. The highest BCUT2D eigenvalue weighted by atomic mass is 16.1. The van der Waals surface area contributed by atoms with Crippen LogP contribution < -0.4 is 5.32 Å². The molecule has 0 aromatic carbocycles. The van der Waals surface area contributed by atoms with Gasteiger partial charge in [-0.25, -0.2) is 0 Å². The summed E-state index contributed by atoms with van der Waals surface area (Å²) in [5, 5.41) is 10.0. The van der Waals surface area contributed by atoms with Gasteiger partial charge in [0.2, 0.25) is 0 Å². The molecule has 0 spiro atoms. The van der Waals surface area contributed by atoms with Crippen LogP contribution in [0.25, 0.3) is 0 Å². The van der Waals surface area contributed by atoms with Crippen LogP contribution in [0.5, 0.6) is 0 Å². The summed E-state index contributed by atoms with van der Waals surface area (Å²) >= 11 is 0. The first-order valence-electron chi connectivity index (χ1n) is 4.20. The Bertz CT molecular complexity index is 309. The van der Waals surface area contributed by atoms with Crippen molar-refractivity contribution in [2.75, 3.05) is 7.05 Å². The molecule has 0 saturated heterocycles. The van der Waals surface area contributed by atoms with Crippen LogP contribution in [0.3, 0.4) is 0 Å². The van der Waals surface area contributed by atoms with Crippen LogP contribution in [0.4, 0.5) is 0 Å². The Morgan fingerprint density at radius 1 is 1.54 bits per heavy atom.